The number of allylic oxidation sites excluding steroid dienone is 2. The van der Waals surface area contributed by atoms with Crippen molar-refractivity contribution in [2.24, 2.45) is 11.1 Å². The summed E-state index contributed by atoms with van der Waals surface area (Å²) in [6.07, 6.45) is 4.57. The van der Waals surface area contributed by atoms with E-state index in [1.54, 1.807) is 16.9 Å². The highest BCUT2D eigenvalue weighted by Gasteiger charge is 2.14. The number of hydrogen-bond acceptors (Lipinski definition) is 4. The molecule has 114 valence electrons. The Bertz CT molecular complexity index is 435. The average molecular weight is 313 g/mol. The maximum absolute atomic E-state index is 5.92. The number of nitrogens with zero attached hydrogens (tertiary/aromatic N) is 1. The molecule has 0 aliphatic carbocycles. The van der Waals surface area contributed by atoms with Crippen LogP contribution in [0.5, 0.6) is 0 Å². The molecular formula is C16H28N2S2. The lowest BCUT2D eigenvalue weighted by atomic mass is 9.95. The summed E-state index contributed by atoms with van der Waals surface area (Å²) in [5, 5.41) is 9.31. The van der Waals surface area contributed by atoms with Gasteiger partial charge in [0, 0.05) is 17.0 Å². The Morgan fingerprint density at radius 3 is 2.50 bits per heavy atom. The van der Waals surface area contributed by atoms with E-state index in [0.717, 1.165) is 18.5 Å². The third-order valence-corrected chi connectivity index (χ3v) is 5.52. The number of aryl methyl sites for hydroxylation is 1. The van der Waals surface area contributed by atoms with E-state index in [0.29, 0.717) is 11.8 Å². The third-order valence-electron chi connectivity index (χ3n) is 3.58. The molecule has 0 spiro atoms. The lowest BCUT2D eigenvalue weighted by Gasteiger charge is -2.17. The molecule has 0 radical (unpaired) electrons. The number of thiazole rings is 1. The Morgan fingerprint density at radius 2 is 2.05 bits per heavy atom. The standard InChI is InChI=1S/C16H28N2S2/c1-6-7-14(11(2)3)15(20-17)9-8-12(4)16-18-13(5)10-19-16/h10-12H,6-9,17H2,1-5H3/b15-14+. The third kappa shape index (κ3) is 5.23. The molecule has 0 saturated carbocycles. The van der Waals surface area contributed by atoms with Crippen molar-refractivity contribution in [3.05, 3.63) is 26.6 Å². The van der Waals surface area contributed by atoms with Crippen LogP contribution in [0.15, 0.2) is 15.9 Å². The maximum Gasteiger partial charge on any atom is 0.0956 e. The molecule has 0 aliphatic heterocycles. The largest absolute Gasteiger partial charge is 0.274 e. The van der Waals surface area contributed by atoms with Gasteiger partial charge in [0.25, 0.3) is 0 Å². The first-order chi connectivity index (χ1) is 9.49. The zero-order chi connectivity index (χ0) is 15.1. The van der Waals surface area contributed by atoms with Crippen LogP contribution in [0.2, 0.25) is 0 Å². The monoisotopic (exact) mass is 312 g/mol. The predicted molar refractivity (Wildman–Crippen MR) is 93.1 cm³/mol. The van der Waals surface area contributed by atoms with E-state index in [-0.39, 0.29) is 0 Å². The molecule has 1 aromatic heterocycles. The van der Waals surface area contributed by atoms with Gasteiger partial charge in [-0.05, 0) is 37.0 Å². The molecule has 2 N–H and O–H groups in total. The number of aromatic nitrogens is 1. The molecule has 0 fully saturated rings. The number of rotatable bonds is 8. The van der Waals surface area contributed by atoms with Gasteiger partial charge in [0.15, 0.2) is 0 Å². The molecule has 0 bridgehead atoms. The van der Waals surface area contributed by atoms with Crippen molar-refractivity contribution < 1.29 is 0 Å². The minimum absolute atomic E-state index is 0.519. The number of hydrogen-bond donors (Lipinski definition) is 1. The molecule has 0 amide bonds. The normalized spacial score (nSPS) is 14.6. The lowest BCUT2D eigenvalue weighted by molar-refractivity contribution is 0.653. The summed E-state index contributed by atoms with van der Waals surface area (Å²) in [4.78, 5) is 5.99. The summed E-state index contributed by atoms with van der Waals surface area (Å²) in [6.45, 7) is 11.1. The van der Waals surface area contributed by atoms with Crippen LogP contribution in [-0.4, -0.2) is 4.98 Å². The molecule has 0 aromatic carbocycles. The van der Waals surface area contributed by atoms with Crippen molar-refractivity contribution in [2.45, 2.75) is 66.2 Å². The molecule has 1 rings (SSSR count). The van der Waals surface area contributed by atoms with Gasteiger partial charge in [0.2, 0.25) is 0 Å². The molecule has 1 unspecified atom stereocenters. The molecule has 1 heterocycles. The van der Waals surface area contributed by atoms with Crippen LogP contribution >= 0.6 is 23.3 Å². The highest BCUT2D eigenvalue weighted by atomic mass is 32.2. The molecule has 0 saturated heterocycles. The van der Waals surface area contributed by atoms with Crippen LogP contribution in [0.4, 0.5) is 0 Å². The summed E-state index contributed by atoms with van der Waals surface area (Å²) in [5.74, 6) is 1.12. The van der Waals surface area contributed by atoms with Crippen molar-refractivity contribution in [2.75, 3.05) is 0 Å². The van der Waals surface area contributed by atoms with Crippen LogP contribution in [0, 0.1) is 12.8 Å². The Kier molecular flexibility index (Phi) is 7.85. The van der Waals surface area contributed by atoms with Gasteiger partial charge in [-0.2, -0.15) is 0 Å². The summed E-state index contributed by atoms with van der Waals surface area (Å²) >= 11 is 3.23. The first-order valence-corrected chi connectivity index (χ1v) is 9.26. The second-order valence-electron chi connectivity index (χ2n) is 5.74. The van der Waals surface area contributed by atoms with E-state index in [9.17, 15) is 0 Å². The highest BCUT2D eigenvalue weighted by Crippen LogP contribution is 2.32. The van der Waals surface area contributed by atoms with Crippen LogP contribution in [0.25, 0.3) is 0 Å². The fourth-order valence-corrected chi connectivity index (χ4v) is 4.00. The predicted octanol–water partition coefficient (Wildman–Crippen LogP) is 5.65. The first-order valence-electron chi connectivity index (χ1n) is 7.50. The van der Waals surface area contributed by atoms with Gasteiger partial charge in [0.05, 0.1) is 5.01 Å². The molecular weight excluding hydrogens is 284 g/mol. The first kappa shape index (κ1) is 17.7. The van der Waals surface area contributed by atoms with Crippen molar-refractivity contribution in [1.82, 2.24) is 4.98 Å². The van der Waals surface area contributed by atoms with Crippen molar-refractivity contribution in [3.63, 3.8) is 0 Å². The second-order valence-corrected chi connectivity index (χ2v) is 7.36. The lowest BCUT2D eigenvalue weighted by Crippen LogP contribution is -2.02. The topological polar surface area (TPSA) is 38.9 Å². The fraction of sp³-hybridized carbons (Fsp3) is 0.688. The smallest absolute Gasteiger partial charge is 0.0956 e. The Labute approximate surface area is 132 Å². The van der Waals surface area contributed by atoms with E-state index >= 15 is 0 Å². The minimum atomic E-state index is 0.519. The van der Waals surface area contributed by atoms with E-state index in [1.165, 1.54) is 34.7 Å². The van der Waals surface area contributed by atoms with Gasteiger partial charge in [-0.25, -0.2) is 4.98 Å². The quantitative estimate of drug-likeness (QED) is 0.630. The zero-order valence-electron chi connectivity index (χ0n) is 13.4. The van der Waals surface area contributed by atoms with Crippen LogP contribution in [-0.2, 0) is 0 Å². The molecule has 0 aliphatic rings. The van der Waals surface area contributed by atoms with Gasteiger partial charge in [-0.15, -0.1) is 11.3 Å². The molecule has 1 atom stereocenters. The maximum atomic E-state index is 5.92. The molecule has 1 aromatic rings. The summed E-state index contributed by atoms with van der Waals surface area (Å²) in [7, 11) is 0. The van der Waals surface area contributed by atoms with Crippen LogP contribution in [0.1, 0.15) is 70.0 Å². The van der Waals surface area contributed by atoms with E-state index in [4.69, 9.17) is 5.14 Å². The van der Waals surface area contributed by atoms with Gasteiger partial charge in [-0.3, -0.25) is 5.14 Å². The van der Waals surface area contributed by atoms with Crippen molar-refractivity contribution >= 4 is 23.3 Å². The number of nitrogens with two attached hydrogens (primary N) is 1. The van der Waals surface area contributed by atoms with E-state index in [1.807, 2.05) is 0 Å². The highest BCUT2D eigenvalue weighted by molar-refractivity contribution is 8.00. The van der Waals surface area contributed by atoms with Crippen molar-refractivity contribution in [1.29, 1.82) is 0 Å². The Hall–Kier alpha value is -0.320. The fourth-order valence-electron chi connectivity index (χ4n) is 2.38. The van der Waals surface area contributed by atoms with Gasteiger partial charge < -0.3 is 0 Å². The van der Waals surface area contributed by atoms with Crippen LogP contribution < -0.4 is 5.14 Å². The Morgan fingerprint density at radius 1 is 1.35 bits per heavy atom. The van der Waals surface area contributed by atoms with Crippen molar-refractivity contribution in [3.8, 4) is 0 Å². The van der Waals surface area contributed by atoms with Crippen LogP contribution in [0.3, 0.4) is 0 Å². The van der Waals surface area contributed by atoms with E-state index < -0.39 is 0 Å². The van der Waals surface area contributed by atoms with Gasteiger partial charge in [0.1, 0.15) is 0 Å². The SMILES string of the molecule is CCC/C(=C(/CCC(C)c1nc(C)cs1)SN)C(C)C. The summed E-state index contributed by atoms with van der Waals surface area (Å²) < 4.78 is 0. The molecule has 20 heavy (non-hydrogen) atoms. The average Bonchev–Trinajstić information content (AvgIpc) is 2.84. The second kappa shape index (κ2) is 8.85. The molecule has 4 heteroatoms. The van der Waals surface area contributed by atoms with Gasteiger partial charge in [-0.1, -0.05) is 51.6 Å². The summed E-state index contributed by atoms with van der Waals surface area (Å²) in [5.41, 5.74) is 2.68. The Balaban J connectivity index is 2.70. The summed E-state index contributed by atoms with van der Waals surface area (Å²) in [6, 6.07) is 0. The minimum Gasteiger partial charge on any atom is -0.274 e. The zero-order valence-corrected chi connectivity index (χ0v) is 15.0. The van der Waals surface area contributed by atoms with E-state index in [2.05, 4.69) is 45.0 Å². The molecule has 2 nitrogen and oxygen atoms in total. The van der Waals surface area contributed by atoms with Gasteiger partial charge >= 0.3 is 0 Å².